The van der Waals surface area contributed by atoms with Crippen LogP contribution in [0.5, 0.6) is 0 Å². The minimum atomic E-state index is -2.65. The van der Waals surface area contributed by atoms with E-state index in [-0.39, 0.29) is 0 Å². The summed E-state index contributed by atoms with van der Waals surface area (Å²) >= 11 is 0. The molecule has 28 heavy (non-hydrogen) atoms. The molecule has 5 heteroatoms. The Morgan fingerprint density at radius 2 is 1.29 bits per heavy atom. The number of hydrogen-bond acceptors (Lipinski definition) is 4. The molecule has 0 radical (unpaired) electrons. The highest BCUT2D eigenvalue weighted by Gasteiger charge is 2.20. The van der Waals surface area contributed by atoms with Gasteiger partial charge < -0.3 is 9.84 Å². The predicted octanol–water partition coefficient (Wildman–Crippen LogP) is 4.90. The van der Waals surface area contributed by atoms with Gasteiger partial charge in [-0.15, -0.1) is 0 Å². The van der Waals surface area contributed by atoms with Crippen LogP contribution in [-0.2, 0) is 15.4 Å². The number of aliphatic hydroxyl groups is 1. The van der Waals surface area contributed by atoms with Gasteiger partial charge in [-0.3, -0.25) is 0 Å². The van der Waals surface area contributed by atoms with E-state index in [9.17, 15) is 13.5 Å². The summed E-state index contributed by atoms with van der Waals surface area (Å²) in [6.07, 6.45) is 26.2. The van der Waals surface area contributed by atoms with Crippen molar-refractivity contribution in [3.63, 3.8) is 0 Å². The first-order chi connectivity index (χ1) is 13.6. The van der Waals surface area contributed by atoms with Crippen LogP contribution >= 0.6 is 0 Å². The Balaban J connectivity index is 3.96. The molecule has 1 N–H and O–H groups in total. The molecular formula is C23H38O4S. The lowest BCUT2D eigenvalue weighted by Crippen LogP contribution is -2.27. The predicted molar refractivity (Wildman–Crippen MR) is 120 cm³/mol. The summed E-state index contributed by atoms with van der Waals surface area (Å²) in [7, 11) is -1.05. The second kappa shape index (κ2) is 20.3. The topological polar surface area (TPSA) is 63.6 Å². The number of rotatable bonds is 17. The number of hydrogen-bond donors (Lipinski definition) is 2. The average molecular weight is 411 g/mol. The third-order valence-electron chi connectivity index (χ3n) is 4.10. The fraction of sp³-hybridized carbons (Fsp3) is 0.565. The van der Waals surface area contributed by atoms with E-state index in [0.717, 1.165) is 32.1 Å². The molecule has 0 aromatic carbocycles. The van der Waals surface area contributed by atoms with Gasteiger partial charge in [0.2, 0.25) is 0 Å². The van der Waals surface area contributed by atoms with Gasteiger partial charge in [-0.1, -0.05) is 67.7 Å². The molecule has 0 spiro atoms. The average Bonchev–Trinajstić information content (AvgIpc) is 2.67. The molecule has 2 unspecified atom stereocenters. The van der Waals surface area contributed by atoms with E-state index in [0.29, 0.717) is 25.9 Å². The van der Waals surface area contributed by atoms with Crippen molar-refractivity contribution in [1.82, 2.24) is 0 Å². The lowest BCUT2D eigenvalue weighted by Gasteiger charge is -2.15. The summed E-state index contributed by atoms with van der Waals surface area (Å²) in [5.74, 6) is 0. The number of allylic oxidation sites excluding steroid dienone is 10. The molecule has 0 fully saturated rings. The Morgan fingerprint density at radius 3 is 1.71 bits per heavy atom. The fourth-order valence-electron chi connectivity index (χ4n) is 2.50. The molecule has 2 atom stereocenters. The zero-order valence-corrected chi connectivity index (χ0v) is 18.3. The van der Waals surface area contributed by atoms with Crippen LogP contribution in [0.15, 0.2) is 60.8 Å². The summed E-state index contributed by atoms with van der Waals surface area (Å²) < 4.78 is 27.6. The zero-order chi connectivity index (χ0) is 20.9. The summed E-state index contributed by atoms with van der Waals surface area (Å²) in [6, 6.07) is 0. The molecule has 0 saturated heterocycles. The number of methoxy groups -OCH3 is 1. The van der Waals surface area contributed by atoms with Gasteiger partial charge in [0.05, 0.1) is 11.4 Å². The molecule has 160 valence electrons. The maximum Gasteiger partial charge on any atom is 0.145 e. The molecule has 0 amide bonds. The van der Waals surface area contributed by atoms with Crippen molar-refractivity contribution in [2.24, 2.45) is 0 Å². The zero-order valence-electron chi connectivity index (χ0n) is 17.4. The highest BCUT2D eigenvalue weighted by atomic mass is 32.2. The monoisotopic (exact) mass is 410 g/mol. The molecule has 0 bridgehead atoms. The van der Waals surface area contributed by atoms with Crippen molar-refractivity contribution < 1.29 is 18.3 Å². The second-order valence-electron chi connectivity index (χ2n) is 6.50. The Hall–Kier alpha value is -1.43. The molecule has 0 saturated carbocycles. The van der Waals surface area contributed by atoms with Gasteiger partial charge in [-0.25, -0.2) is 8.42 Å². The van der Waals surface area contributed by atoms with Crippen LogP contribution in [0.25, 0.3) is 0 Å². The highest BCUT2D eigenvalue weighted by Crippen LogP contribution is 2.11. The van der Waals surface area contributed by atoms with E-state index in [1.165, 1.54) is 0 Å². The first-order valence-corrected chi connectivity index (χ1v) is 11.4. The first-order valence-electron chi connectivity index (χ1n) is 10.2. The Labute approximate surface area is 173 Å². The Morgan fingerprint density at radius 1 is 0.821 bits per heavy atom. The standard InChI is InChI=1S/C23H38O4S/c1-3-4-5-6-7-8-9-10-11-12-13-14-15-16-17-20-23(28(25)26)22(24)19-18-21-27-2/h4-5,7-8,10-11,13-14,16-17,22-24,28H,3,6,9,12,15,18-21H2,1-2H3/b5-4-,8-7-,11-10-,14-13-,17-16-. The Bertz CT molecular complexity index is 563. The van der Waals surface area contributed by atoms with Gasteiger partial charge in [-0.05, 0) is 51.4 Å². The van der Waals surface area contributed by atoms with Crippen molar-refractivity contribution in [1.29, 1.82) is 0 Å². The van der Waals surface area contributed by atoms with Crippen LogP contribution in [0, 0.1) is 0 Å². The third-order valence-corrected chi connectivity index (χ3v) is 5.20. The van der Waals surface area contributed by atoms with Crippen LogP contribution < -0.4 is 0 Å². The summed E-state index contributed by atoms with van der Waals surface area (Å²) in [5.41, 5.74) is 0. The fourth-order valence-corrected chi connectivity index (χ4v) is 3.22. The van der Waals surface area contributed by atoms with Crippen molar-refractivity contribution in [3.8, 4) is 0 Å². The molecule has 0 heterocycles. The van der Waals surface area contributed by atoms with E-state index in [4.69, 9.17) is 4.74 Å². The minimum absolute atomic E-state index is 0.348. The van der Waals surface area contributed by atoms with Crippen molar-refractivity contribution in [2.45, 2.75) is 69.6 Å². The third kappa shape index (κ3) is 16.7. The van der Waals surface area contributed by atoms with Gasteiger partial charge in [0.25, 0.3) is 0 Å². The van der Waals surface area contributed by atoms with Gasteiger partial charge >= 0.3 is 0 Å². The van der Waals surface area contributed by atoms with Crippen molar-refractivity contribution in [3.05, 3.63) is 60.8 Å². The smallest absolute Gasteiger partial charge is 0.145 e. The van der Waals surface area contributed by atoms with E-state index < -0.39 is 22.1 Å². The van der Waals surface area contributed by atoms with Crippen LogP contribution in [0.3, 0.4) is 0 Å². The molecule has 0 aliphatic carbocycles. The maximum absolute atomic E-state index is 11.3. The molecule has 0 aromatic rings. The van der Waals surface area contributed by atoms with Crippen LogP contribution in [0.1, 0.15) is 58.3 Å². The normalized spacial score (nSPS) is 15.3. The SMILES string of the molecule is CC/C=C\C/C=C\C/C=C\C/C=C\C/C=C\CC(C(O)CCCOC)[SH](=O)=O. The van der Waals surface area contributed by atoms with E-state index in [1.54, 1.807) is 7.11 Å². The van der Waals surface area contributed by atoms with E-state index in [2.05, 4.69) is 55.5 Å². The largest absolute Gasteiger partial charge is 0.392 e. The molecule has 0 aromatic heterocycles. The molecule has 0 rings (SSSR count). The number of thiol groups is 1. The quantitative estimate of drug-likeness (QED) is 0.203. The number of ether oxygens (including phenoxy) is 1. The summed E-state index contributed by atoms with van der Waals surface area (Å²) in [4.78, 5) is 0. The van der Waals surface area contributed by atoms with Crippen molar-refractivity contribution >= 4 is 10.7 Å². The van der Waals surface area contributed by atoms with Crippen LogP contribution in [0.2, 0.25) is 0 Å². The highest BCUT2D eigenvalue weighted by molar-refractivity contribution is 7.73. The first kappa shape index (κ1) is 26.6. The molecular weight excluding hydrogens is 372 g/mol. The molecule has 0 aliphatic rings. The maximum atomic E-state index is 11.3. The molecule has 0 aliphatic heterocycles. The molecule has 4 nitrogen and oxygen atoms in total. The number of aliphatic hydroxyl groups excluding tert-OH is 1. The van der Waals surface area contributed by atoms with Crippen molar-refractivity contribution in [2.75, 3.05) is 13.7 Å². The van der Waals surface area contributed by atoms with E-state index >= 15 is 0 Å². The second-order valence-corrected chi connectivity index (χ2v) is 7.73. The minimum Gasteiger partial charge on any atom is -0.392 e. The lowest BCUT2D eigenvalue weighted by molar-refractivity contribution is 0.132. The van der Waals surface area contributed by atoms with Gasteiger partial charge in [-0.2, -0.15) is 0 Å². The van der Waals surface area contributed by atoms with Gasteiger partial charge in [0, 0.05) is 13.7 Å². The van der Waals surface area contributed by atoms with Gasteiger partial charge in [0.15, 0.2) is 0 Å². The van der Waals surface area contributed by atoms with Crippen LogP contribution in [0.4, 0.5) is 0 Å². The van der Waals surface area contributed by atoms with Gasteiger partial charge in [0.1, 0.15) is 10.7 Å². The summed E-state index contributed by atoms with van der Waals surface area (Å²) in [6.45, 7) is 2.66. The lowest BCUT2D eigenvalue weighted by atomic mass is 10.1. The van der Waals surface area contributed by atoms with Crippen LogP contribution in [-0.4, -0.2) is 38.6 Å². The van der Waals surface area contributed by atoms with E-state index in [1.807, 2.05) is 12.2 Å². The Kier molecular flexibility index (Phi) is 19.3. The summed E-state index contributed by atoms with van der Waals surface area (Å²) in [5, 5.41) is 9.30.